The second kappa shape index (κ2) is 8.32. The first-order valence-electron chi connectivity index (χ1n) is 11.3. The van der Waals surface area contributed by atoms with Gasteiger partial charge in [0.05, 0.1) is 22.5 Å². The SMILES string of the molecule is C=CC(=O)N1CCC2(CC(n3c(NC(=O)c4ccc(C(C)(F)CO)s4)nc4ccccc43)C2)C1. The average Bonchev–Trinajstić information content (AvgIpc) is 3.54. The Balaban J connectivity index is 1.38. The maximum Gasteiger partial charge on any atom is 0.268 e. The second-order valence-electron chi connectivity index (χ2n) is 9.54. The standard InChI is InChI=1S/C25H27FN4O3S/c1-3-21(32)29-11-10-25(14-29)12-16(13-25)30-18-7-5-4-6-17(18)27-23(30)28-22(33)19-8-9-20(34-19)24(2,26)15-31/h3-9,16,31H,1,10-15H2,2H3,(H,27,28,33). The Morgan fingerprint density at radius 2 is 2.12 bits per heavy atom. The number of benzene rings is 1. The molecule has 2 fully saturated rings. The van der Waals surface area contributed by atoms with E-state index in [9.17, 15) is 19.1 Å². The molecule has 1 spiro atoms. The van der Waals surface area contributed by atoms with Crippen molar-refractivity contribution in [1.82, 2.24) is 14.5 Å². The summed E-state index contributed by atoms with van der Waals surface area (Å²) in [6.07, 6.45) is 4.13. The van der Waals surface area contributed by atoms with Crippen LogP contribution in [0.2, 0.25) is 0 Å². The molecule has 1 aliphatic carbocycles. The lowest BCUT2D eigenvalue weighted by Gasteiger charge is -2.46. The molecule has 1 unspecified atom stereocenters. The molecule has 0 bridgehead atoms. The molecule has 178 valence electrons. The molecule has 7 nitrogen and oxygen atoms in total. The van der Waals surface area contributed by atoms with E-state index in [0.717, 1.165) is 54.7 Å². The number of alkyl halides is 1. The Morgan fingerprint density at radius 1 is 1.35 bits per heavy atom. The van der Waals surface area contributed by atoms with E-state index < -0.39 is 12.3 Å². The summed E-state index contributed by atoms with van der Waals surface area (Å²) in [6.45, 7) is 5.71. The minimum Gasteiger partial charge on any atom is -0.393 e. The summed E-state index contributed by atoms with van der Waals surface area (Å²) in [5.41, 5.74) is -0.0666. The third kappa shape index (κ3) is 3.82. The highest BCUT2D eigenvalue weighted by Gasteiger charge is 2.50. The van der Waals surface area contributed by atoms with Gasteiger partial charge in [-0.2, -0.15) is 0 Å². The van der Waals surface area contributed by atoms with Crippen molar-refractivity contribution in [2.45, 2.75) is 37.9 Å². The number of likely N-dealkylation sites (tertiary alicyclic amines) is 1. The first-order valence-corrected chi connectivity index (χ1v) is 12.2. The van der Waals surface area contributed by atoms with Crippen molar-refractivity contribution in [2.24, 2.45) is 5.41 Å². The number of fused-ring (bicyclic) bond motifs is 1. The number of rotatable bonds is 6. The first kappa shape index (κ1) is 22.7. The Bertz CT molecular complexity index is 1270. The van der Waals surface area contributed by atoms with E-state index in [1.165, 1.54) is 19.1 Å². The van der Waals surface area contributed by atoms with Crippen molar-refractivity contribution in [2.75, 3.05) is 25.0 Å². The molecular formula is C25H27FN4O3S. The lowest BCUT2D eigenvalue weighted by Crippen LogP contribution is -2.42. The highest BCUT2D eigenvalue weighted by molar-refractivity contribution is 7.14. The summed E-state index contributed by atoms with van der Waals surface area (Å²) in [7, 11) is 0. The molecule has 2 amide bonds. The number of aliphatic hydroxyl groups is 1. The monoisotopic (exact) mass is 482 g/mol. The van der Waals surface area contributed by atoms with Gasteiger partial charge in [0, 0.05) is 24.0 Å². The minimum atomic E-state index is -1.89. The Hall–Kier alpha value is -3.04. The number of para-hydroxylation sites is 2. The number of hydrogen-bond donors (Lipinski definition) is 2. The van der Waals surface area contributed by atoms with Crippen LogP contribution < -0.4 is 5.32 Å². The molecule has 2 N–H and O–H groups in total. The Morgan fingerprint density at radius 3 is 2.85 bits per heavy atom. The van der Waals surface area contributed by atoms with Crippen molar-refractivity contribution < 1.29 is 19.1 Å². The molecule has 2 aromatic heterocycles. The minimum absolute atomic E-state index is 0.0257. The van der Waals surface area contributed by atoms with Crippen molar-refractivity contribution in [3.63, 3.8) is 0 Å². The number of nitrogens with one attached hydrogen (secondary N) is 1. The van der Waals surface area contributed by atoms with Gasteiger partial charge in [-0.3, -0.25) is 14.9 Å². The van der Waals surface area contributed by atoms with E-state index in [1.807, 2.05) is 29.2 Å². The molecule has 1 aliphatic heterocycles. The fourth-order valence-electron chi connectivity index (χ4n) is 5.19. The van der Waals surface area contributed by atoms with Gasteiger partial charge in [0.2, 0.25) is 11.9 Å². The van der Waals surface area contributed by atoms with Crippen LogP contribution in [-0.4, -0.2) is 51.1 Å². The number of hydrogen-bond acceptors (Lipinski definition) is 5. The van der Waals surface area contributed by atoms with Crippen molar-refractivity contribution in [3.8, 4) is 0 Å². The van der Waals surface area contributed by atoms with Gasteiger partial charge in [0.1, 0.15) is 0 Å². The molecule has 1 saturated carbocycles. The van der Waals surface area contributed by atoms with E-state index in [1.54, 1.807) is 6.07 Å². The van der Waals surface area contributed by atoms with Crippen LogP contribution in [0.5, 0.6) is 0 Å². The quantitative estimate of drug-likeness (QED) is 0.514. The fraction of sp³-hybridized carbons (Fsp3) is 0.400. The van der Waals surface area contributed by atoms with Gasteiger partial charge in [0.25, 0.3) is 5.91 Å². The van der Waals surface area contributed by atoms with E-state index >= 15 is 0 Å². The third-order valence-electron chi connectivity index (χ3n) is 7.09. The van der Waals surface area contributed by atoms with Crippen LogP contribution >= 0.6 is 11.3 Å². The number of halogens is 1. The molecule has 1 saturated heterocycles. The second-order valence-corrected chi connectivity index (χ2v) is 10.6. The molecular weight excluding hydrogens is 455 g/mol. The molecule has 9 heteroatoms. The van der Waals surface area contributed by atoms with E-state index in [4.69, 9.17) is 0 Å². The number of anilines is 1. The normalized spacial score (nSPS) is 23.6. The number of aromatic nitrogens is 2. The maximum absolute atomic E-state index is 14.4. The van der Waals surface area contributed by atoms with Gasteiger partial charge in [-0.1, -0.05) is 18.7 Å². The summed E-state index contributed by atoms with van der Waals surface area (Å²) in [5.74, 6) is 0.0737. The third-order valence-corrected chi connectivity index (χ3v) is 8.41. The summed E-state index contributed by atoms with van der Waals surface area (Å²) in [4.78, 5) is 32.2. The number of imidazole rings is 1. The fourth-order valence-corrected chi connectivity index (χ4v) is 6.12. The summed E-state index contributed by atoms with van der Waals surface area (Å²) < 4.78 is 16.5. The number of carbonyl (C=O) groups is 2. The van der Waals surface area contributed by atoms with Gasteiger partial charge < -0.3 is 14.6 Å². The molecule has 0 radical (unpaired) electrons. The van der Waals surface area contributed by atoms with Crippen molar-refractivity contribution in [3.05, 3.63) is 58.8 Å². The zero-order chi connectivity index (χ0) is 24.1. The number of carbonyl (C=O) groups excluding carboxylic acids is 2. The Kier molecular flexibility index (Phi) is 5.56. The Labute approximate surface area is 200 Å². The van der Waals surface area contributed by atoms with E-state index in [2.05, 4.69) is 21.4 Å². The summed E-state index contributed by atoms with van der Waals surface area (Å²) in [6, 6.07) is 11.0. The molecule has 5 rings (SSSR count). The average molecular weight is 483 g/mol. The van der Waals surface area contributed by atoms with Crippen LogP contribution in [0.25, 0.3) is 11.0 Å². The van der Waals surface area contributed by atoms with Crippen LogP contribution in [0.1, 0.15) is 46.8 Å². The summed E-state index contributed by atoms with van der Waals surface area (Å²) in [5, 5.41) is 12.2. The smallest absolute Gasteiger partial charge is 0.268 e. The molecule has 1 atom stereocenters. The predicted molar refractivity (Wildman–Crippen MR) is 130 cm³/mol. The van der Waals surface area contributed by atoms with Crippen LogP contribution in [0, 0.1) is 5.41 Å². The highest BCUT2D eigenvalue weighted by atomic mass is 32.1. The van der Waals surface area contributed by atoms with Gasteiger partial charge >= 0.3 is 0 Å². The van der Waals surface area contributed by atoms with E-state index in [-0.39, 0.29) is 23.3 Å². The van der Waals surface area contributed by atoms with Crippen molar-refractivity contribution >= 4 is 40.1 Å². The number of nitrogens with zero attached hydrogens (tertiary/aromatic N) is 3. The van der Waals surface area contributed by atoms with E-state index in [0.29, 0.717) is 15.7 Å². The predicted octanol–water partition coefficient (Wildman–Crippen LogP) is 4.27. The molecule has 3 heterocycles. The zero-order valence-electron chi connectivity index (χ0n) is 19.0. The van der Waals surface area contributed by atoms with Crippen LogP contribution in [0.3, 0.4) is 0 Å². The largest absolute Gasteiger partial charge is 0.393 e. The van der Waals surface area contributed by atoms with Gasteiger partial charge in [-0.25, -0.2) is 9.37 Å². The summed E-state index contributed by atoms with van der Waals surface area (Å²) >= 11 is 1.02. The van der Waals surface area contributed by atoms with Crippen molar-refractivity contribution in [1.29, 1.82) is 0 Å². The topological polar surface area (TPSA) is 87.5 Å². The number of aliphatic hydroxyl groups excluding tert-OH is 1. The molecule has 34 heavy (non-hydrogen) atoms. The van der Waals surface area contributed by atoms with Gasteiger partial charge in [-0.05, 0) is 61.9 Å². The first-order chi connectivity index (χ1) is 16.2. The molecule has 1 aromatic carbocycles. The van der Waals surface area contributed by atoms with Crippen LogP contribution in [0.15, 0.2) is 49.1 Å². The zero-order valence-corrected chi connectivity index (χ0v) is 19.8. The number of thiophene rings is 1. The lowest BCUT2D eigenvalue weighted by atomic mass is 9.65. The highest BCUT2D eigenvalue weighted by Crippen LogP contribution is 2.55. The maximum atomic E-state index is 14.4. The number of amides is 2. The van der Waals surface area contributed by atoms with Gasteiger partial charge in [-0.15, -0.1) is 11.3 Å². The van der Waals surface area contributed by atoms with Crippen LogP contribution in [0.4, 0.5) is 10.3 Å². The van der Waals surface area contributed by atoms with Gasteiger partial charge in [0.15, 0.2) is 5.67 Å². The van der Waals surface area contributed by atoms with Crippen LogP contribution in [-0.2, 0) is 10.5 Å². The lowest BCUT2D eigenvalue weighted by molar-refractivity contribution is -0.125. The molecule has 3 aromatic rings. The molecule has 2 aliphatic rings.